The van der Waals surface area contributed by atoms with Gasteiger partial charge >= 0.3 is 0 Å². The van der Waals surface area contributed by atoms with Crippen molar-refractivity contribution in [2.45, 2.75) is 157 Å². The predicted molar refractivity (Wildman–Crippen MR) is 309 cm³/mol. The van der Waals surface area contributed by atoms with Crippen molar-refractivity contribution >= 4 is 51.0 Å². The summed E-state index contributed by atoms with van der Waals surface area (Å²) in [7, 11) is 0. The molecule has 0 heterocycles. The number of para-hydroxylation sites is 2. The Labute approximate surface area is 416 Å². The Balaban J connectivity index is -0.000000202. The molecular weight excluding hydrogens is 818 g/mol. The van der Waals surface area contributed by atoms with Gasteiger partial charge in [-0.2, -0.15) is 0 Å². The van der Waals surface area contributed by atoms with E-state index in [9.17, 15) is 5.11 Å². The number of nitrogen functional groups attached to an aromatic ring is 1. The van der Waals surface area contributed by atoms with Crippen LogP contribution in [0.25, 0.3) is 0 Å². The molecule has 0 fully saturated rings. The van der Waals surface area contributed by atoms with Crippen LogP contribution < -0.4 is 21.7 Å². The SMILES string of the molecule is C.C.CC.CC.CC.CC.CC.CC(C)(C)c1ccc(O)cc1.Cc1c(C)c(C(C)(C)Nc2ccc(Nc3ccccc3)cc2)c(C)c(C)c1O.Nc1ccc(Nc2ccccc2)cc1.[B].[B]. The van der Waals surface area contributed by atoms with Crippen LogP contribution in [0.15, 0.2) is 133 Å². The summed E-state index contributed by atoms with van der Waals surface area (Å²) in [5.41, 5.74) is 18.3. The van der Waals surface area contributed by atoms with Gasteiger partial charge in [-0.3, -0.25) is 0 Å². The van der Waals surface area contributed by atoms with Gasteiger partial charge in [0.25, 0.3) is 0 Å². The summed E-state index contributed by atoms with van der Waals surface area (Å²) in [5.74, 6) is 0.740. The summed E-state index contributed by atoms with van der Waals surface area (Å²) in [6, 6.07) is 43.6. The zero-order valence-electron chi connectivity index (χ0n) is 43.8. The van der Waals surface area contributed by atoms with Crippen molar-refractivity contribution in [1.29, 1.82) is 0 Å². The van der Waals surface area contributed by atoms with Crippen molar-refractivity contribution < 1.29 is 10.2 Å². The molecule has 7 N–H and O–H groups in total. The molecule has 0 amide bonds. The number of aromatic hydroxyl groups is 2. The maximum Gasteiger partial charge on any atom is 0.121 e. The molecule has 0 spiro atoms. The molecule has 0 bridgehead atoms. The maximum absolute atomic E-state index is 10.4. The summed E-state index contributed by atoms with van der Waals surface area (Å²) in [4.78, 5) is 0. The molecule has 6 aromatic rings. The minimum Gasteiger partial charge on any atom is -0.508 e. The third-order valence-corrected chi connectivity index (χ3v) is 9.32. The number of rotatable bonds is 7. The molecule has 0 aliphatic heterocycles. The Morgan fingerprint density at radius 3 is 1.03 bits per heavy atom. The van der Waals surface area contributed by atoms with Crippen LogP contribution in [0.4, 0.5) is 34.1 Å². The van der Waals surface area contributed by atoms with Crippen molar-refractivity contribution in [3.8, 4) is 11.5 Å². The van der Waals surface area contributed by atoms with E-state index in [2.05, 4.69) is 101 Å². The first-order chi connectivity index (χ1) is 30.0. The number of hydrogen-bond acceptors (Lipinski definition) is 6. The quantitative estimate of drug-likeness (QED) is 0.0705. The fourth-order valence-electron chi connectivity index (χ4n) is 6.19. The number of hydrogen-bond donors (Lipinski definition) is 6. The third-order valence-electron chi connectivity index (χ3n) is 9.32. The van der Waals surface area contributed by atoms with Gasteiger partial charge < -0.3 is 31.9 Å². The van der Waals surface area contributed by atoms with Crippen LogP contribution in [0.5, 0.6) is 11.5 Å². The Morgan fingerprint density at radius 1 is 0.403 bits per heavy atom. The van der Waals surface area contributed by atoms with E-state index in [0.29, 0.717) is 11.5 Å². The van der Waals surface area contributed by atoms with Crippen LogP contribution in [0.1, 0.15) is 152 Å². The van der Waals surface area contributed by atoms with Crippen LogP contribution in [0, 0.1) is 27.7 Å². The van der Waals surface area contributed by atoms with Crippen LogP contribution in [0.3, 0.4) is 0 Å². The van der Waals surface area contributed by atoms with E-state index < -0.39 is 0 Å². The highest BCUT2D eigenvalue weighted by atomic mass is 16.3. The molecule has 6 radical (unpaired) electrons. The highest BCUT2D eigenvalue weighted by Gasteiger charge is 2.27. The second-order valence-corrected chi connectivity index (χ2v) is 15.0. The second-order valence-electron chi connectivity index (χ2n) is 15.0. The highest BCUT2D eigenvalue weighted by Crippen LogP contribution is 2.38. The van der Waals surface area contributed by atoms with Gasteiger partial charge in [0, 0.05) is 51.0 Å². The molecule has 67 heavy (non-hydrogen) atoms. The zero-order valence-corrected chi connectivity index (χ0v) is 43.8. The molecular formula is C59H94B2N4O2. The fourth-order valence-corrected chi connectivity index (χ4v) is 6.19. The van der Waals surface area contributed by atoms with Gasteiger partial charge in [0.2, 0.25) is 0 Å². The first-order valence-corrected chi connectivity index (χ1v) is 23.0. The summed E-state index contributed by atoms with van der Waals surface area (Å²) in [6.07, 6.45) is 0. The van der Waals surface area contributed by atoms with Crippen LogP contribution in [-0.4, -0.2) is 27.0 Å². The Kier molecular flexibility index (Phi) is 42.9. The van der Waals surface area contributed by atoms with Crippen molar-refractivity contribution in [1.82, 2.24) is 0 Å². The van der Waals surface area contributed by atoms with E-state index in [1.165, 1.54) is 11.1 Å². The van der Waals surface area contributed by atoms with E-state index in [0.717, 1.165) is 56.4 Å². The number of phenolic OH excluding ortho intramolecular Hbond substituents is 2. The predicted octanol–water partition coefficient (Wildman–Crippen LogP) is 18.1. The summed E-state index contributed by atoms with van der Waals surface area (Å²) < 4.78 is 0. The average Bonchev–Trinajstić information content (AvgIpc) is 3.31. The molecule has 0 unspecified atom stereocenters. The standard InChI is InChI=1S/C25H30N2O.C12H12N2.C10H14O.5C2H6.2CH4.2B/c1-16-18(3)24(28)19(4)17(2)23(16)25(5,6)27-22-14-12-21(13-15-22)26-20-10-8-7-9-11-20;13-10-6-8-12(9-7-10)14-11-4-2-1-3-5-11;1-10(2,3)8-4-6-9(11)7-5-8;5*1-2;;;;/h7-15,26-28H,1-6H3;1-9,14H,13H2;4-7,11H,1-3H3;5*1-2H3;2*1H4;;. The Hall–Kier alpha value is -5.75. The smallest absolute Gasteiger partial charge is 0.121 e. The number of anilines is 6. The summed E-state index contributed by atoms with van der Waals surface area (Å²) >= 11 is 0. The number of nitrogens with two attached hydrogens (primary N) is 1. The van der Waals surface area contributed by atoms with Crippen molar-refractivity contribution in [3.05, 3.63) is 167 Å². The molecule has 0 saturated heterocycles. The topological polar surface area (TPSA) is 103 Å². The molecule has 6 nitrogen and oxygen atoms in total. The van der Waals surface area contributed by atoms with Crippen molar-refractivity contribution in [3.63, 3.8) is 0 Å². The van der Waals surface area contributed by atoms with Crippen LogP contribution in [0.2, 0.25) is 0 Å². The van der Waals surface area contributed by atoms with Gasteiger partial charge in [-0.25, -0.2) is 0 Å². The van der Waals surface area contributed by atoms with E-state index in [1.807, 2.05) is 168 Å². The largest absolute Gasteiger partial charge is 0.508 e. The van der Waals surface area contributed by atoms with Crippen molar-refractivity contribution in [2.24, 2.45) is 0 Å². The minimum atomic E-state index is -0.272. The summed E-state index contributed by atoms with van der Waals surface area (Å²) in [5, 5.41) is 29.8. The number of benzene rings is 6. The normalized spacial score (nSPS) is 9.12. The lowest BCUT2D eigenvalue weighted by molar-refractivity contribution is 0.463. The average molecular weight is 913 g/mol. The number of nitrogens with one attached hydrogen (secondary N) is 3. The summed E-state index contributed by atoms with van der Waals surface area (Å²) in [6.45, 7) is 39.0. The zero-order chi connectivity index (χ0) is 48.8. The monoisotopic (exact) mass is 913 g/mol. The lowest BCUT2D eigenvalue weighted by atomic mass is 9.82. The number of phenols is 2. The first-order valence-electron chi connectivity index (χ1n) is 23.0. The first kappa shape index (κ1) is 72.8. The Morgan fingerprint density at radius 2 is 0.701 bits per heavy atom. The molecule has 8 heteroatoms. The fraction of sp³-hybridized carbons (Fsp3) is 0.390. The van der Waals surface area contributed by atoms with Gasteiger partial charge in [0.05, 0.1) is 5.54 Å². The van der Waals surface area contributed by atoms with Gasteiger partial charge in [0.1, 0.15) is 11.5 Å². The lowest BCUT2D eigenvalue weighted by Crippen LogP contribution is -2.30. The molecule has 6 rings (SSSR count). The molecule has 0 aliphatic rings. The van der Waals surface area contributed by atoms with Gasteiger partial charge in [-0.05, 0) is 165 Å². The van der Waals surface area contributed by atoms with Crippen LogP contribution >= 0.6 is 0 Å². The van der Waals surface area contributed by atoms with E-state index >= 15 is 0 Å². The molecule has 0 saturated carbocycles. The van der Waals surface area contributed by atoms with Gasteiger partial charge in [-0.1, -0.05) is 153 Å². The molecule has 0 aromatic heterocycles. The Bertz CT molecular complexity index is 2020. The second kappa shape index (κ2) is 39.4. The third kappa shape index (κ3) is 25.7. The molecule has 0 atom stereocenters. The highest BCUT2D eigenvalue weighted by molar-refractivity contribution is 5.76. The van der Waals surface area contributed by atoms with Gasteiger partial charge in [-0.15, -0.1) is 0 Å². The van der Waals surface area contributed by atoms with E-state index in [1.54, 1.807) is 12.1 Å². The minimum absolute atomic E-state index is 0. The van der Waals surface area contributed by atoms with Crippen molar-refractivity contribution in [2.75, 3.05) is 21.7 Å². The molecule has 6 aromatic carbocycles. The van der Waals surface area contributed by atoms with E-state index in [-0.39, 0.29) is 42.6 Å². The van der Waals surface area contributed by atoms with E-state index in [4.69, 9.17) is 10.8 Å². The van der Waals surface area contributed by atoms with Gasteiger partial charge in [0.15, 0.2) is 0 Å². The van der Waals surface area contributed by atoms with Crippen LogP contribution in [-0.2, 0) is 11.0 Å². The molecule has 0 aliphatic carbocycles. The maximum atomic E-state index is 10.4. The lowest BCUT2D eigenvalue weighted by Gasteiger charge is -2.33. The molecule has 368 valence electrons.